The lowest BCUT2D eigenvalue weighted by Gasteiger charge is -2.06. The third-order valence-corrected chi connectivity index (χ3v) is 3.68. The lowest BCUT2D eigenvalue weighted by molar-refractivity contribution is 0.0939. The quantitative estimate of drug-likeness (QED) is 0.755. The van der Waals surface area contributed by atoms with Gasteiger partial charge in [-0.25, -0.2) is 0 Å². The van der Waals surface area contributed by atoms with E-state index < -0.39 is 0 Å². The van der Waals surface area contributed by atoms with E-state index in [1.54, 1.807) is 30.3 Å². The molecule has 5 nitrogen and oxygen atoms in total. The van der Waals surface area contributed by atoms with Crippen LogP contribution in [0.15, 0.2) is 41.8 Å². The second-order valence-corrected chi connectivity index (χ2v) is 5.28. The molecule has 0 bridgehead atoms. The summed E-state index contributed by atoms with van der Waals surface area (Å²) >= 11 is 1.39. The molecule has 0 atom stereocenters. The number of hydrogen-bond donors (Lipinski definition) is 3. The molecular formula is C15H16N2O3S. The first-order valence-electron chi connectivity index (χ1n) is 6.50. The maximum absolute atomic E-state index is 11.8. The molecule has 0 saturated carbocycles. The summed E-state index contributed by atoms with van der Waals surface area (Å²) in [6.45, 7) is 0.561. The summed E-state index contributed by atoms with van der Waals surface area (Å²) in [5, 5.41) is 15.9. The molecule has 6 heteroatoms. The summed E-state index contributed by atoms with van der Waals surface area (Å²) < 4.78 is 0. The molecule has 1 heterocycles. The molecule has 1 aromatic heterocycles. The molecule has 0 aliphatic rings. The van der Waals surface area contributed by atoms with Gasteiger partial charge in [0.2, 0.25) is 0 Å². The van der Waals surface area contributed by atoms with E-state index in [-0.39, 0.29) is 25.0 Å². The van der Waals surface area contributed by atoms with Gasteiger partial charge in [-0.1, -0.05) is 18.2 Å². The monoisotopic (exact) mass is 304 g/mol. The van der Waals surface area contributed by atoms with Gasteiger partial charge in [0.25, 0.3) is 11.8 Å². The van der Waals surface area contributed by atoms with Crippen molar-refractivity contribution in [1.82, 2.24) is 10.6 Å². The van der Waals surface area contributed by atoms with Crippen molar-refractivity contribution in [3.05, 3.63) is 57.8 Å². The van der Waals surface area contributed by atoms with Gasteiger partial charge in [-0.05, 0) is 29.1 Å². The summed E-state index contributed by atoms with van der Waals surface area (Å²) in [5.41, 5.74) is 1.44. The first kappa shape index (κ1) is 15.2. The van der Waals surface area contributed by atoms with Gasteiger partial charge in [-0.3, -0.25) is 9.59 Å². The van der Waals surface area contributed by atoms with Gasteiger partial charge in [-0.15, -0.1) is 11.3 Å². The smallest absolute Gasteiger partial charge is 0.261 e. The second kappa shape index (κ2) is 7.56. The van der Waals surface area contributed by atoms with E-state index in [1.165, 1.54) is 11.3 Å². The van der Waals surface area contributed by atoms with Crippen LogP contribution in [0.4, 0.5) is 0 Å². The Kier molecular flexibility index (Phi) is 5.48. The van der Waals surface area contributed by atoms with Crippen LogP contribution in [0.1, 0.15) is 25.6 Å². The highest BCUT2D eigenvalue weighted by molar-refractivity contribution is 7.12. The molecule has 0 spiro atoms. The number of amides is 2. The van der Waals surface area contributed by atoms with Crippen molar-refractivity contribution in [3.63, 3.8) is 0 Å². The molecule has 2 amide bonds. The van der Waals surface area contributed by atoms with Crippen LogP contribution in [-0.4, -0.2) is 30.1 Å². The second-order valence-electron chi connectivity index (χ2n) is 4.34. The van der Waals surface area contributed by atoms with E-state index in [2.05, 4.69) is 10.6 Å². The zero-order chi connectivity index (χ0) is 15.1. The van der Waals surface area contributed by atoms with Gasteiger partial charge in [0, 0.05) is 18.7 Å². The van der Waals surface area contributed by atoms with Gasteiger partial charge in [0.1, 0.15) is 0 Å². The maximum atomic E-state index is 11.8. The van der Waals surface area contributed by atoms with E-state index >= 15 is 0 Å². The number of nitrogens with one attached hydrogen (secondary N) is 2. The van der Waals surface area contributed by atoms with E-state index in [9.17, 15) is 9.59 Å². The highest BCUT2D eigenvalue weighted by Gasteiger charge is 2.07. The molecule has 2 rings (SSSR count). The summed E-state index contributed by atoms with van der Waals surface area (Å²) in [7, 11) is 0. The van der Waals surface area contributed by atoms with E-state index in [4.69, 9.17) is 5.11 Å². The Labute approximate surface area is 126 Å². The summed E-state index contributed by atoms with van der Waals surface area (Å²) in [6.07, 6.45) is 0. The van der Waals surface area contributed by atoms with Crippen LogP contribution in [0.5, 0.6) is 0 Å². The van der Waals surface area contributed by atoms with E-state index in [0.717, 1.165) is 5.56 Å². The first-order chi connectivity index (χ1) is 10.2. The Morgan fingerprint density at radius 1 is 1.05 bits per heavy atom. The molecule has 0 fully saturated rings. The minimum Gasteiger partial charge on any atom is -0.395 e. The van der Waals surface area contributed by atoms with Crippen molar-refractivity contribution in [2.45, 2.75) is 6.54 Å². The zero-order valence-corrected chi connectivity index (χ0v) is 12.2. The molecule has 0 saturated heterocycles. The number of hydrogen-bond acceptors (Lipinski definition) is 4. The lowest BCUT2D eigenvalue weighted by Crippen LogP contribution is -2.26. The molecule has 0 unspecified atom stereocenters. The van der Waals surface area contributed by atoms with Crippen molar-refractivity contribution in [3.8, 4) is 0 Å². The van der Waals surface area contributed by atoms with Crippen LogP contribution in [0, 0.1) is 0 Å². The van der Waals surface area contributed by atoms with Crippen LogP contribution in [0.2, 0.25) is 0 Å². The Bertz CT molecular complexity index is 594. The standard InChI is InChI=1S/C15H16N2O3S/c18-8-7-16-14(19)12-5-3-11(4-6-12)10-17-15(20)13-2-1-9-21-13/h1-6,9,18H,7-8,10H2,(H,16,19)(H,17,20). The fourth-order valence-corrected chi connectivity index (χ4v) is 2.36. The molecule has 0 aliphatic heterocycles. The lowest BCUT2D eigenvalue weighted by atomic mass is 10.1. The van der Waals surface area contributed by atoms with Crippen LogP contribution < -0.4 is 10.6 Å². The molecule has 110 valence electrons. The third-order valence-electron chi connectivity index (χ3n) is 2.81. The Balaban J connectivity index is 1.87. The summed E-state index contributed by atoms with van der Waals surface area (Å²) in [6, 6.07) is 10.6. The number of benzene rings is 1. The van der Waals surface area contributed by atoms with Crippen LogP contribution in [0.25, 0.3) is 0 Å². The minimum absolute atomic E-state index is 0.0847. The average Bonchev–Trinajstić information content (AvgIpc) is 3.05. The van der Waals surface area contributed by atoms with Crippen molar-refractivity contribution in [2.24, 2.45) is 0 Å². The number of aliphatic hydroxyl groups is 1. The van der Waals surface area contributed by atoms with E-state index in [1.807, 2.05) is 11.4 Å². The Morgan fingerprint density at radius 2 is 1.81 bits per heavy atom. The Morgan fingerprint density at radius 3 is 2.43 bits per heavy atom. The molecule has 21 heavy (non-hydrogen) atoms. The number of carbonyl (C=O) groups is 2. The Hall–Kier alpha value is -2.18. The van der Waals surface area contributed by atoms with Crippen molar-refractivity contribution in [1.29, 1.82) is 0 Å². The van der Waals surface area contributed by atoms with Crippen molar-refractivity contribution >= 4 is 23.2 Å². The summed E-state index contributed by atoms with van der Waals surface area (Å²) in [5.74, 6) is -0.326. The van der Waals surface area contributed by atoms with Gasteiger partial charge in [0.15, 0.2) is 0 Å². The van der Waals surface area contributed by atoms with Crippen molar-refractivity contribution in [2.75, 3.05) is 13.2 Å². The van der Waals surface area contributed by atoms with Gasteiger partial charge in [-0.2, -0.15) is 0 Å². The summed E-state index contributed by atoms with van der Waals surface area (Å²) in [4.78, 5) is 24.1. The molecular weight excluding hydrogens is 288 g/mol. The fourth-order valence-electron chi connectivity index (χ4n) is 1.72. The topological polar surface area (TPSA) is 78.4 Å². The number of carbonyl (C=O) groups excluding carboxylic acids is 2. The molecule has 2 aromatic rings. The van der Waals surface area contributed by atoms with Gasteiger partial charge < -0.3 is 15.7 Å². The molecule has 3 N–H and O–H groups in total. The number of rotatable bonds is 6. The van der Waals surface area contributed by atoms with Gasteiger partial charge in [0.05, 0.1) is 11.5 Å². The molecule has 0 aliphatic carbocycles. The maximum Gasteiger partial charge on any atom is 0.261 e. The van der Waals surface area contributed by atoms with Gasteiger partial charge >= 0.3 is 0 Å². The minimum atomic E-state index is -0.224. The highest BCUT2D eigenvalue weighted by atomic mass is 32.1. The largest absolute Gasteiger partial charge is 0.395 e. The third kappa shape index (κ3) is 4.40. The fraction of sp³-hybridized carbons (Fsp3) is 0.200. The van der Waals surface area contributed by atoms with Crippen LogP contribution >= 0.6 is 11.3 Å². The van der Waals surface area contributed by atoms with E-state index in [0.29, 0.717) is 17.0 Å². The predicted octanol–water partition coefficient (Wildman–Crippen LogP) is 1.40. The zero-order valence-electron chi connectivity index (χ0n) is 11.3. The number of thiophene rings is 1. The average molecular weight is 304 g/mol. The molecule has 1 aromatic carbocycles. The highest BCUT2D eigenvalue weighted by Crippen LogP contribution is 2.09. The van der Waals surface area contributed by atoms with Crippen LogP contribution in [0.3, 0.4) is 0 Å². The number of aliphatic hydroxyl groups excluding tert-OH is 1. The SMILES string of the molecule is O=C(NCCO)c1ccc(CNC(=O)c2cccs2)cc1. The van der Waals surface area contributed by atoms with Crippen LogP contribution in [-0.2, 0) is 6.54 Å². The first-order valence-corrected chi connectivity index (χ1v) is 7.38. The predicted molar refractivity (Wildman–Crippen MR) is 81.4 cm³/mol. The normalized spacial score (nSPS) is 10.1. The van der Waals surface area contributed by atoms with Crippen molar-refractivity contribution < 1.29 is 14.7 Å². The molecule has 0 radical (unpaired) electrons.